The lowest BCUT2D eigenvalue weighted by Gasteiger charge is -2.36. The molecule has 3 rings (SSSR count). The molecule has 1 aliphatic heterocycles. The maximum atomic E-state index is 6.15. The predicted molar refractivity (Wildman–Crippen MR) is 82.0 cm³/mol. The molecule has 1 aromatic carbocycles. The number of rotatable bonds is 2. The van der Waals surface area contributed by atoms with E-state index in [1.807, 2.05) is 18.2 Å². The summed E-state index contributed by atoms with van der Waals surface area (Å²) in [4.78, 5) is 9.01. The number of halogens is 2. The van der Waals surface area contributed by atoms with Crippen molar-refractivity contribution < 1.29 is 4.74 Å². The van der Waals surface area contributed by atoms with Crippen LogP contribution < -0.4 is 0 Å². The van der Waals surface area contributed by atoms with Gasteiger partial charge in [0.15, 0.2) is 0 Å². The molecule has 0 amide bonds. The highest BCUT2D eigenvalue weighted by Crippen LogP contribution is 2.40. The van der Waals surface area contributed by atoms with Crippen molar-refractivity contribution in [2.24, 2.45) is 0 Å². The summed E-state index contributed by atoms with van der Waals surface area (Å²) in [5.41, 5.74) is 1.02. The highest BCUT2D eigenvalue weighted by molar-refractivity contribution is 9.10. The van der Waals surface area contributed by atoms with Crippen molar-refractivity contribution in [3.8, 4) is 0 Å². The molecule has 0 spiro atoms. The first kappa shape index (κ1) is 14.0. The Bertz CT molecular complexity index is 600. The first-order valence-corrected chi connectivity index (χ1v) is 7.71. The van der Waals surface area contributed by atoms with Crippen LogP contribution in [0.3, 0.4) is 0 Å². The van der Waals surface area contributed by atoms with Crippen molar-refractivity contribution in [1.29, 1.82) is 0 Å². The van der Waals surface area contributed by atoms with Crippen LogP contribution in [0.2, 0.25) is 5.15 Å². The van der Waals surface area contributed by atoms with Crippen molar-refractivity contribution in [2.75, 3.05) is 13.2 Å². The highest BCUT2D eigenvalue weighted by atomic mass is 79.9. The zero-order chi connectivity index (χ0) is 14.0. The predicted octanol–water partition coefficient (Wildman–Crippen LogP) is 3.99. The van der Waals surface area contributed by atoms with Crippen molar-refractivity contribution in [3.05, 3.63) is 57.5 Å². The minimum Gasteiger partial charge on any atom is -0.381 e. The fourth-order valence-corrected chi connectivity index (χ4v) is 3.02. The van der Waals surface area contributed by atoms with E-state index >= 15 is 0 Å². The minimum atomic E-state index is -0.205. The van der Waals surface area contributed by atoms with E-state index in [9.17, 15) is 0 Å². The third kappa shape index (κ3) is 2.48. The number of nitrogens with zero attached hydrogens (tertiary/aromatic N) is 2. The van der Waals surface area contributed by atoms with Gasteiger partial charge in [-0.25, -0.2) is 9.97 Å². The van der Waals surface area contributed by atoms with Gasteiger partial charge in [-0.15, -0.1) is 0 Å². The van der Waals surface area contributed by atoms with Crippen LogP contribution in [0.1, 0.15) is 24.2 Å². The summed E-state index contributed by atoms with van der Waals surface area (Å²) in [7, 11) is 0. The number of hydrogen-bond donors (Lipinski definition) is 0. The molecule has 5 heteroatoms. The maximum Gasteiger partial charge on any atom is 0.146 e. The summed E-state index contributed by atoms with van der Waals surface area (Å²) in [6.45, 7) is 1.43. The second kappa shape index (κ2) is 5.80. The maximum absolute atomic E-state index is 6.15. The van der Waals surface area contributed by atoms with Crippen LogP contribution in [0.5, 0.6) is 0 Å². The van der Waals surface area contributed by atoms with Gasteiger partial charge in [0.25, 0.3) is 0 Å². The Balaban J connectivity index is 2.12. The lowest BCUT2D eigenvalue weighted by atomic mass is 9.73. The van der Waals surface area contributed by atoms with Crippen molar-refractivity contribution in [1.82, 2.24) is 9.97 Å². The summed E-state index contributed by atoms with van der Waals surface area (Å²) in [6, 6.07) is 10.4. The van der Waals surface area contributed by atoms with E-state index < -0.39 is 0 Å². The third-order valence-corrected chi connectivity index (χ3v) is 4.90. The molecule has 1 aliphatic rings. The quantitative estimate of drug-likeness (QED) is 0.766. The zero-order valence-electron chi connectivity index (χ0n) is 10.9. The summed E-state index contributed by atoms with van der Waals surface area (Å²) in [5, 5.41) is 0.455. The van der Waals surface area contributed by atoms with E-state index in [2.05, 4.69) is 38.0 Å². The molecule has 20 heavy (non-hydrogen) atoms. The minimum absolute atomic E-state index is 0.205. The number of hydrogen-bond acceptors (Lipinski definition) is 3. The Labute approximate surface area is 131 Å². The fraction of sp³-hybridized carbons (Fsp3) is 0.333. The summed E-state index contributed by atoms with van der Waals surface area (Å²) in [6.07, 6.45) is 3.47. The normalized spacial score (nSPS) is 17.9. The fourth-order valence-electron chi connectivity index (χ4n) is 2.70. The monoisotopic (exact) mass is 352 g/mol. The van der Waals surface area contributed by atoms with Crippen LogP contribution in [0, 0.1) is 0 Å². The second-order valence-electron chi connectivity index (χ2n) is 4.89. The Morgan fingerprint density at radius 3 is 2.50 bits per heavy atom. The Kier molecular flexibility index (Phi) is 4.06. The van der Waals surface area contributed by atoms with E-state index in [-0.39, 0.29) is 5.41 Å². The smallest absolute Gasteiger partial charge is 0.146 e. The van der Waals surface area contributed by atoms with E-state index in [1.54, 1.807) is 6.20 Å². The van der Waals surface area contributed by atoms with Crippen LogP contribution in [0.25, 0.3) is 0 Å². The molecule has 2 aromatic rings. The first-order valence-electron chi connectivity index (χ1n) is 6.54. The molecule has 0 bridgehead atoms. The molecule has 2 heterocycles. The average molecular weight is 354 g/mol. The van der Waals surface area contributed by atoms with Crippen LogP contribution in [0.15, 0.2) is 41.0 Å². The molecule has 0 aliphatic carbocycles. The number of benzene rings is 1. The van der Waals surface area contributed by atoms with Crippen molar-refractivity contribution in [2.45, 2.75) is 18.3 Å². The topological polar surface area (TPSA) is 35.0 Å². The largest absolute Gasteiger partial charge is 0.381 e. The van der Waals surface area contributed by atoms with Gasteiger partial charge in [0.1, 0.15) is 11.0 Å². The highest BCUT2D eigenvalue weighted by Gasteiger charge is 2.39. The molecule has 1 fully saturated rings. The lowest BCUT2D eigenvalue weighted by Crippen LogP contribution is -2.36. The summed E-state index contributed by atoms with van der Waals surface area (Å²) < 4.78 is 6.24. The molecule has 0 saturated carbocycles. The Hall–Kier alpha value is -0.970. The van der Waals surface area contributed by atoms with Crippen LogP contribution in [-0.2, 0) is 10.2 Å². The molecule has 0 radical (unpaired) electrons. The summed E-state index contributed by atoms with van der Waals surface area (Å²) >= 11 is 9.50. The van der Waals surface area contributed by atoms with Crippen molar-refractivity contribution in [3.63, 3.8) is 0 Å². The van der Waals surface area contributed by atoms with E-state index in [0.29, 0.717) is 18.4 Å². The molecule has 3 nitrogen and oxygen atoms in total. The summed E-state index contributed by atoms with van der Waals surface area (Å²) in [5.74, 6) is 0.778. The van der Waals surface area contributed by atoms with Gasteiger partial charge in [-0.3, -0.25) is 0 Å². The average Bonchev–Trinajstić information content (AvgIpc) is 2.51. The third-order valence-electron chi connectivity index (χ3n) is 3.80. The van der Waals surface area contributed by atoms with Gasteiger partial charge in [-0.2, -0.15) is 0 Å². The van der Waals surface area contributed by atoms with Crippen LogP contribution in [0.4, 0.5) is 0 Å². The second-order valence-corrected chi connectivity index (χ2v) is 6.11. The first-order chi connectivity index (χ1) is 9.72. The molecule has 0 unspecified atom stereocenters. The molecular formula is C15H14BrClN2O. The van der Waals surface area contributed by atoms with Gasteiger partial charge < -0.3 is 4.74 Å². The number of aromatic nitrogens is 2. The van der Waals surface area contributed by atoms with Gasteiger partial charge in [-0.1, -0.05) is 41.9 Å². The van der Waals surface area contributed by atoms with Crippen LogP contribution in [-0.4, -0.2) is 23.2 Å². The number of ether oxygens (including phenoxy) is 1. The van der Waals surface area contributed by atoms with Gasteiger partial charge in [0.05, 0.1) is 9.89 Å². The van der Waals surface area contributed by atoms with E-state index in [4.69, 9.17) is 16.3 Å². The Morgan fingerprint density at radius 2 is 1.85 bits per heavy atom. The molecular weight excluding hydrogens is 340 g/mol. The SMILES string of the molecule is Clc1nc(C2(c3ccccc3)CCOCC2)ncc1Br. The Morgan fingerprint density at radius 1 is 1.15 bits per heavy atom. The van der Waals surface area contributed by atoms with Gasteiger partial charge >= 0.3 is 0 Å². The molecule has 0 atom stereocenters. The van der Waals surface area contributed by atoms with Gasteiger partial charge in [-0.05, 0) is 34.3 Å². The molecule has 1 saturated heterocycles. The molecule has 0 N–H and O–H groups in total. The van der Waals surface area contributed by atoms with Gasteiger partial charge in [0.2, 0.25) is 0 Å². The van der Waals surface area contributed by atoms with E-state index in [1.165, 1.54) is 5.56 Å². The zero-order valence-corrected chi connectivity index (χ0v) is 13.2. The van der Waals surface area contributed by atoms with Gasteiger partial charge in [0, 0.05) is 19.4 Å². The molecule has 104 valence electrons. The molecule has 1 aromatic heterocycles. The van der Waals surface area contributed by atoms with Crippen molar-refractivity contribution >= 4 is 27.5 Å². The van der Waals surface area contributed by atoms with E-state index in [0.717, 1.165) is 23.1 Å². The van der Waals surface area contributed by atoms with Crippen LogP contribution >= 0.6 is 27.5 Å². The lowest BCUT2D eigenvalue weighted by molar-refractivity contribution is 0.0604. The standard InChI is InChI=1S/C15H14BrClN2O/c16-12-10-18-14(19-13(12)17)15(6-8-20-9-7-15)11-4-2-1-3-5-11/h1-5,10H,6-9H2.